The highest BCUT2D eigenvalue weighted by atomic mass is 35.5. The van der Waals surface area contributed by atoms with Crippen LogP contribution in [-0.2, 0) is 16.0 Å². The van der Waals surface area contributed by atoms with E-state index in [-0.39, 0.29) is 0 Å². The lowest BCUT2D eigenvalue weighted by Gasteiger charge is -2.01. The van der Waals surface area contributed by atoms with Crippen LogP contribution in [0.2, 0.25) is 5.02 Å². The number of aryl methyl sites for hydroxylation is 2. The van der Waals surface area contributed by atoms with Gasteiger partial charge in [0.05, 0.1) is 0 Å². The van der Waals surface area contributed by atoms with Gasteiger partial charge in [0.25, 0.3) is 0 Å². The number of rotatable bonds is 3. The van der Waals surface area contributed by atoms with Crippen molar-refractivity contribution in [3.8, 4) is 0 Å². The van der Waals surface area contributed by atoms with Crippen LogP contribution in [0.25, 0.3) is 6.08 Å². The molecule has 116 valence electrons. The predicted molar refractivity (Wildman–Crippen MR) is 92.6 cm³/mol. The van der Waals surface area contributed by atoms with E-state index in [9.17, 15) is 4.79 Å². The average Bonchev–Trinajstić information content (AvgIpc) is 2.84. The quantitative estimate of drug-likeness (QED) is 0.616. The fourth-order valence-corrected chi connectivity index (χ4v) is 2.57. The molecule has 0 bridgehead atoms. The molecule has 0 amide bonds. The van der Waals surface area contributed by atoms with E-state index in [0.717, 1.165) is 16.7 Å². The van der Waals surface area contributed by atoms with E-state index in [2.05, 4.69) is 11.1 Å². The molecule has 0 aromatic heterocycles. The molecular weight excluding hydrogens is 310 g/mol. The minimum absolute atomic E-state index is 0.334. The maximum atomic E-state index is 12.0. The Labute approximate surface area is 140 Å². The Kier molecular flexibility index (Phi) is 4.30. The lowest BCUT2D eigenvalue weighted by atomic mass is 10.0. The second-order valence-corrected chi connectivity index (χ2v) is 6.02. The molecule has 0 fully saturated rings. The number of carbonyl (C=O) groups excluding carboxylic acids is 1. The molecule has 3 nitrogen and oxygen atoms in total. The zero-order valence-corrected chi connectivity index (χ0v) is 13.7. The standard InChI is InChI=1S/C19H16ClNO2/c1-12-3-6-15(13(2)9-12)11-17-19(22)23-18(21-17)10-14-4-7-16(20)8-5-14/h3-9,11H,10H2,1-2H3/b17-11-. The fraction of sp³-hybridized carbons (Fsp3) is 0.158. The fourth-order valence-electron chi connectivity index (χ4n) is 2.44. The molecule has 2 aromatic carbocycles. The first kappa shape index (κ1) is 15.5. The first-order valence-corrected chi connectivity index (χ1v) is 7.72. The van der Waals surface area contributed by atoms with Crippen molar-refractivity contribution in [1.29, 1.82) is 0 Å². The van der Waals surface area contributed by atoms with Gasteiger partial charge in [0.1, 0.15) is 0 Å². The third-order valence-electron chi connectivity index (χ3n) is 3.65. The van der Waals surface area contributed by atoms with E-state index in [1.54, 1.807) is 18.2 Å². The largest absolute Gasteiger partial charge is 0.406 e. The highest BCUT2D eigenvalue weighted by Crippen LogP contribution is 2.20. The second kappa shape index (κ2) is 6.39. The van der Waals surface area contributed by atoms with Crippen molar-refractivity contribution in [3.63, 3.8) is 0 Å². The zero-order valence-electron chi connectivity index (χ0n) is 13.0. The van der Waals surface area contributed by atoms with E-state index in [0.29, 0.717) is 23.0 Å². The zero-order chi connectivity index (χ0) is 16.4. The molecule has 0 aliphatic carbocycles. The van der Waals surface area contributed by atoms with Crippen molar-refractivity contribution < 1.29 is 9.53 Å². The number of hydrogen-bond acceptors (Lipinski definition) is 3. The van der Waals surface area contributed by atoms with Crippen molar-refractivity contribution in [2.45, 2.75) is 20.3 Å². The predicted octanol–water partition coefficient (Wildman–Crippen LogP) is 4.50. The SMILES string of the molecule is Cc1ccc(/C=C2\N=C(Cc3ccc(Cl)cc3)OC2=O)c(C)c1. The Morgan fingerprint density at radius 1 is 1.13 bits per heavy atom. The van der Waals surface area contributed by atoms with Crippen LogP contribution in [0.3, 0.4) is 0 Å². The molecule has 1 heterocycles. The molecule has 3 rings (SSSR count). The molecule has 0 N–H and O–H groups in total. The van der Waals surface area contributed by atoms with Gasteiger partial charge < -0.3 is 4.74 Å². The van der Waals surface area contributed by atoms with Crippen LogP contribution in [-0.4, -0.2) is 11.9 Å². The van der Waals surface area contributed by atoms with Crippen LogP contribution in [0, 0.1) is 13.8 Å². The van der Waals surface area contributed by atoms with E-state index < -0.39 is 5.97 Å². The second-order valence-electron chi connectivity index (χ2n) is 5.59. The van der Waals surface area contributed by atoms with Gasteiger partial charge >= 0.3 is 5.97 Å². The lowest BCUT2D eigenvalue weighted by molar-refractivity contribution is -0.130. The summed E-state index contributed by atoms with van der Waals surface area (Å²) < 4.78 is 5.25. The summed E-state index contributed by atoms with van der Waals surface area (Å²) in [6.45, 7) is 4.05. The van der Waals surface area contributed by atoms with Crippen molar-refractivity contribution in [2.75, 3.05) is 0 Å². The van der Waals surface area contributed by atoms with E-state index in [1.807, 2.05) is 38.1 Å². The van der Waals surface area contributed by atoms with Crippen molar-refractivity contribution in [3.05, 3.63) is 75.4 Å². The van der Waals surface area contributed by atoms with Gasteiger partial charge in [-0.1, -0.05) is 47.5 Å². The summed E-state index contributed by atoms with van der Waals surface area (Å²) in [5, 5.41) is 0.675. The maximum Gasteiger partial charge on any atom is 0.363 e. The Bertz CT molecular complexity index is 820. The maximum absolute atomic E-state index is 12.0. The number of cyclic esters (lactones) is 1. The normalized spacial score (nSPS) is 15.7. The van der Waals surface area contributed by atoms with Gasteiger partial charge in [-0.05, 0) is 48.7 Å². The lowest BCUT2D eigenvalue weighted by Crippen LogP contribution is -2.06. The first-order valence-electron chi connectivity index (χ1n) is 7.34. The number of ether oxygens (including phenoxy) is 1. The van der Waals surface area contributed by atoms with E-state index in [1.165, 1.54) is 5.56 Å². The summed E-state index contributed by atoms with van der Waals surface area (Å²) in [6.07, 6.45) is 2.24. The van der Waals surface area contributed by atoms with Gasteiger partial charge in [0, 0.05) is 11.4 Å². The Morgan fingerprint density at radius 2 is 1.87 bits per heavy atom. The number of esters is 1. The van der Waals surface area contributed by atoms with Crippen LogP contribution < -0.4 is 0 Å². The van der Waals surface area contributed by atoms with Gasteiger partial charge in [-0.15, -0.1) is 0 Å². The number of halogens is 1. The monoisotopic (exact) mass is 325 g/mol. The minimum atomic E-state index is -0.408. The van der Waals surface area contributed by atoms with Gasteiger partial charge in [-0.3, -0.25) is 0 Å². The van der Waals surface area contributed by atoms with E-state index in [4.69, 9.17) is 16.3 Å². The van der Waals surface area contributed by atoms with Crippen molar-refractivity contribution >= 4 is 29.5 Å². The molecule has 23 heavy (non-hydrogen) atoms. The molecule has 1 aliphatic rings. The Morgan fingerprint density at radius 3 is 2.57 bits per heavy atom. The van der Waals surface area contributed by atoms with Crippen LogP contribution >= 0.6 is 11.6 Å². The van der Waals surface area contributed by atoms with E-state index >= 15 is 0 Å². The highest BCUT2D eigenvalue weighted by Gasteiger charge is 2.23. The van der Waals surface area contributed by atoms with Crippen LogP contribution in [0.5, 0.6) is 0 Å². The van der Waals surface area contributed by atoms with Crippen LogP contribution in [0.1, 0.15) is 22.3 Å². The summed E-state index contributed by atoms with van der Waals surface area (Å²) in [7, 11) is 0. The van der Waals surface area contributed by atoms with Gasteiger partial charge in [0.2, 0.25) is 5.90 Å². The highest BCUT2D eigenvalue weighted by molar-refractivity contribution is 6.30. The minimum Gasteiger partial charge on any atom is -0.406 e. The first-order chi connectivity index (χ1) is 11.0. The topological polar surface area (TPSA) is 38.7 Å². The summed E-state index contributed by atoms with van der Waals surface area (Å²) in [4.78, 5) is 16.3. The molecule has 2 aromatic rings. The van der Waals surface area contributed by atoms with Gasteiger partial charge in [-0.25, -0.2) is 9.79 Å². The van der Waals surface area contributed by atoms with Crippen LogP contribution in [0.15, 0.2) is 53.2 Å². The number of carbonyl (C=O) groups is 1. The number of hydrogen-bond donors (Lipinski definition) is 0. The third-order valence-corrected chi connectivity index (χ3v) is 3.90. The summed E-state index contributed by atoms with van der Waals surface area (Å²) in [5.41, 5.74) is 4.59. The molecule has 0 unspecified atom stereocenters. The van der Waals surface area contributed by atoms with Crippen molar-refractivity contribution in [2.24, 2.45) is 4.99 Å². The molecular formula is C19H16ClNO2. The summed E-state index contributed by atoms with van der Waals surface area (Å²) >= 11 is 5.87. The molecule has 1 aliphatic heterocycles. The molecule has 0 saturated carbocycles. The molecule has 0 radical (unpaired) electrons. The Hall–Kier alpha value is -2.39. The third kappa shape index (κ3) is 3.69. The molecule has 4 heteroatoms. The summed E-state index contributed by atoms with van der Waals surface area (Å²) in [5.74, 6) is 0.00211. The smallest absolute Gasteiger partial charge is 0.363 e. The number of nitrogens with zero attached hydrogens (tertiary/aromatic N) is 1. The average molecular weight is 326 g/mol. The van der Waals surface area contributed by atoms with Crippen LogP contribution in [0.4, 0.5) is 0 Å². The van der Waals surface area contributed by atoms with Gasteiger partial charge in [-0.2, -0.15) is 0 Å². The van der Waals surface area contributed by atoms with Crippen molar-refractivity contribution in [1.82, 2.24) is 0 Å². The summed E-state index contributed by atoms with van der Waals surface area (Å²) in [6, 6.07) is 13.5. The Balaban J connectivity index is 1.83. The van der Waals surface area contributed by atoms with Gasteiger partial charge in [0.15, 0.2) is 5.70 Å². The molecule has 0 spiro atoms. The number of aliphatic imine (C=N–C) groups is 1. The molecule has 0 saturated heterocycles. The molecule has 0 atom stereocenters. The number of benzene rings is 2.